The molecule has 1 saturated heterocycles. The van der Waals surface area contributed by atoms with Gasteiger partial charge in [0.25, 0.3) is 0 Å². The number of nitrogens with one attached hydrogen (secondary N) is 1. The van der Waals surface area contributed by atoms with Gasteiger partial charge in [-0.25, -0.2) is 0 Å². The fraction of sp³-hybridized carbons (Fsp3) is 0.857. The van der Waals surface area contributed by atoms with E-state index in [-0.39, 0.29) is 0 Å². The third-order valence-corrected chi connectivity index (χ3v) is 3.69. The summed E-state index contributed by atoms with van der Waals surface area (Å²) in [7, 11) is 1.70. The largest absolute Gasteiger partial charge is 0.381 e. The quantitative estimate of drug-likeness (QED) is 0.767. The topological polar surface area (TPSA) is 69.4 Å². The van der Waals surface area contributed by atoms with Gasteiger partial charge in [0.15, 0.2) is 0 Å². The second kappa shape index (κ2) is 7.15. The molecule has 1 aromatic rings. The highest BCUT2D eigenvalue weighted by atomic mass is 16.5. The maximum Gasteiger partial charge on any atom is 0.226 e. The molecule has 2 heterocycles. The van der Waals surface area contributed by atoms with Crippen molar-refractivity contribution in [1.82, 2.24) is 15.5 Å². The maximum atomic E-state index is 5.66. The van der Waals surface area contributed by atoms with Crippen molar-refractivity contribution in [3.8, 4) is 0 Å². The zero-order valence-electron chi connectivity index (χ0n) is 12.6. The van der Waals surface area contributed by atoms with Crippen LogP contribution in [0.2, 0.25) is 0 Å². The van der Waals surface area contributed by atoms with Crippen molar-refractivity contribution < 1.29 is 14.0 Å². The van der Waals surface area contributed by atoms with E-state index in [1.54, 1.807) is 7.11 Å². The summed E-state index contributed by atoms with van der Waals surface area (Å²) in [6.07, 6.45) is 3.33. The van der Waals surface area contributed by atoms with Crippen molar-refractivity contribution in [3.63, 3.8) is 0 Å². The molecule has 6 heteroatoms. The Morgan fingerprint density at radius 3 is 2.75 bits per heavy atom. The van der Waals surface area contributed by atoms with E-state index in [2.05, 4.69) is 29.3 Å². The Balaban J connectivity index is 1.90. The molecule has 0 radical (unpaired) electrons. The van der Waals surface area contributed by atoms with E-state index >= 15 is 0 Å². The van der Waals surface area contributed by atoms with Crippen LogP contribution in [0.4, 0.5) is 0 Å². The number of hydrogen-bond acceptors (Lipinski definition) is 6. The smallest absolute Gasteiger partial charge is 0.226 e. The van der Waals surface area contributed by atoms with Crippen LogP contribution in [-0.2, 0) is 21.5 Å². The second-order valence-electron chi connectivity index (χ2n) is 5.53. The predicted octanol–water partition coefficient (Wildman–Crippen LogP) is 1.65. The molecule has 1 aromatic heterocycles. The van der Waals surface area contributed by atoms with Crippen molar-refractivity contribution in [1.29, 1.82) is 0 Å². The van der Waals surface area contributed by atoms with Crippen LogP contribution in [0.5, 0.6) is 0 Å². The molecule has 0 spiro atoms. The van der Waals surface area contributed by atoms with E-state index < -0.39 is 5.60 Å². The van der Waals surface area contributed by atoms with Gasteiger partial charge in [0, 0.05) is 45.6 Å². The molecule has 0 bridgehead atoms. The highest BCUT2D eigenvalue weighted by Gasteiger charge is 2.39. The van der Waals surface area contributed by atoms with Gasteiger partial charge in [-0.1, -0.05) is 19.0 Å². The molecule has 20 heavy (non-hydrogen) atoms. The first kappa shape index (κ1) is 15.4. The van der Waals surface area contributed by atoms with Crippen LogP contribution < -0.4 is 5.32 Å². The summed E-state index contributed by atoms with van der Waals surface area (Å²) in [5.41, 5.74) is -0.434. The van der Waals surface area contributed by atoms with Crippen molar-refractivity contribution in [2.75, 3.05) is 26.9 Å². The Morgan fingerprint density at radius 2 is 2.10 bits per heavy atom. The number of aromatic nitrogens is 2. The lowest BCUT2D eigenvalue weighted by Gasteiger charge is -2.32. The highest BCUT2D eigenvalue weighted by Crippen LogP contribution is 2.33. The van der Waals surface area contributed by atoms with Gasteiger partial charge in [-0.15, -0.1) is 0 Å². The average Bonchev–Trinajstić information content (AvgIpc) is 2.93. The molecule has 2 rings (SSSR count). The molecule has 0 atom stereocenters. The first-order chi connectivity index (χ1) is 9.66. The minimum Gasteiger partial charge on any atom is -0.381 e. The standard InChI is InChI=1S/C14H25N3O3/c1-11(2)15-8-4-5-12-16-13(17-20-12)14(18-3)6-9-19-10-7-14/h11,15H,4-10H2,1-3H3. The highest BCUT2D eigenvalue weighted by molar-refractivity contribution is 5.03. The maximum absolute atomic E-state index is 5.66. The van der Waals surface area contributed by atoms with Gasteiger partial charge in [0.1, 0.15) is 5.60 Å². The Morgan fingerprint density at radius 1 is 1.35 bits per heavy atom. The van der Waals surface area contributed by atoms with Gasteiger partial charge in [-0.3, -0.25) is 0 Å². The number of rotatable bonds is 7. The van der Waals surface area contributed by atoms with E-state index in [1.807, 2.05) is 0 Å². The first-order valence-electron chi connectivity index (χ1n) is 7.35. The SMILES string of the molecule is COC1(c2noc(CCCNC(C)C)n2)CCOCC1. The Hall–Kier alpha value is -0.980. The molecular weight excluding hydrogens is 258 g/mol. The van der Waals surface area contributed by atoms with E-state index in [0.717, 1.165) is 32.2 Å². The van der Waals surface area contributed by atoms with Crippen molar-refractivity contribution in [2.24, 2.45) is 0 Å². The third-order valence-electron chi connectivity index (χ3n) is 3.69. The molecule has 0 unspecified atom stereocenters. The van der Waals surface area contributed by atoms with Gasteiger partial charge in [-0.2, -0.15) is 4.98 Å². The summed E-state index contributed by atoms with van der Waals surface area (Å²) in [6, 6.07) is 0.507. The monoisotopic (exact) mass is 283 g/mol. The lowest BCUT2D eigenvalue weighted by molar-refractivity contribution is -0.101. The van der Waals surface area contributed by atoms with Crippen LogP contribution in [0, 0.1) is 0 Å². The molecule has 1 N–H and O–H groups in total. The van der Waals surface area contributed by atoms with Crippen molar-refractivity contribution >= 4 is 0 Å². The van der Waals surface area contributed by atoms with Gasteiger partial charge in [0.2, 0.25) is 11.7 Å². The molecular formula is C14H25N3O3. The average molecular weight is 283 g/mol. The molecule has 6 nitrogen and oxygen atoms in total. The molecule has 0 aliphatic carbocycles. The van der Waals surface area contributed by atoms with E-state index in [4.69, 9.17) is 14.0 Å². The Kier molecular flexibility index (Phi) is 5.51. The Bertz CT molecular complexity index is 400. The fourth-order valence-electron chi connectivity index (χ4n) is 2.39. The second-order valence-corrected chi connectivity index (χ2v) is 5.53. The molecule has 1 fully saturated rings. The summed E-state index contributed by atoms with van der Waals surface area (Å²) >= 11 is 0. The predicted molar refractivity (Wildman–Crippen MR) is 74.5 cm³/mol. The van der Waals surface area contributed by atoms with E-state index in [9.17, 15) is 0 Å². The van der Waals surface area contributed by atoms with E-state index in [0.29, 0.717) is 31.0 Å². The van der Waals surface area contributed by atoms with Crippen molar-refractivity contribution in [2.45, 2.75) is 51.2 Å². The summed E-state index contributed by atoms with van der Waals surface area (Å²) < 4.78 is 16.4. The lowest BCUT2D eigenvalue weighted by atomic mass is 9.93. The summed E-state index contributed by atoms with van der Waals surface area (Å²) in [5, 5.41) is 7.48. The van der Waals surface area contributed by atoms with Crippen molar-refractivity contribution in [3.05, 3.63) is 11.7 Å². The zero-order valence-corrected chi connectivity index (χ0v) is 12.6. The van der Waals surface area contributed by atoms with Crippen LogP contribution in [-0.4, -0.2) is 43.1 Å². The molecule has 0 saturated carbocycles. The van der Waals surface area contributed by atoms with Gasteiger partial charge < -0.3 is 19.3 Å². The van der Waals surface area contributed by atoms with E-state index in [1.165, 1.54) is 0 Å². The zero-order chi connectivity index (χ0) is 14.4. The molecule has 0 aromatic carbocycles. The summed E-state index contributed by atoms with van der Waals surface area (Å²) in [6.45, 7) is 6.58. The fourth-order valence-corrected chi connectivity index (χ4v) is 2.39. The van der Waals surface area contributed by atoms with Crippen LogP contribution in [0.25, 0.3) is 0 Å². The van der Waals surface area contributed by atoms with Crippen LogP contribution in [0.15, 0.2) is 4.52 Å². The van der Waals surface area contributed by atoms with Gasteiger partial charge in [0.05, 0.1) is 0 Å². The third kappa shape index (κ3) is 3.77. The lowest BCUT2D eigenvalue weighted by Crippen LogP contribution is -2.36. The van der Waals surface area contributed by atoms with Crippen LogP contribution in [0.1, 0.15) is 44.8 Å². The molecule has 1 aliphatic heterocycles. The van der Waals surface area contributed by atoms with Gasteiger partial charge in [-0.05, 0) is 13.0 Å². The Labute approximate surface area is 120 Å². The first-order valence-corrected chi connectivity index (χ1v) is 7.35. The number of nitrogens with zero attached hydrogens (tertiary/aromatic N) is 2. The number of ether oxygens (including phenoxy) is 2. The summed E-state index contributed by atoms with van der Waals surface area (Å²) in [4.78, 5) is 4.51. The minimum atomic E-state index is -0.434. The number of aryl methyl sites for hydroxylation is 1. The summed E-state index contributed by atoms with van der Waals surface area (Å²) in [5.74, 6) is 1.35. The van der Waals surface area contributed by atoms with Gasteiger partial charge >= 0.3 is 0 Å². The van der Waals surface area contributed by atoms with Crippen LogP contribution >= 0.6 is 0 Å². The number of hydrogen-bond donors (Lipinski definition) is 1. The normalized spacial score (nSPS) is 18.6. The van der Waals surface area contributed by atoms with Crippen LogP contribution in [0.3, 0.4) is 0 Å². The molecule has 114 valence electrons. The molecule has 0 amide bonds. The molecule has 1 aliphatic rings. The minimum absolute atomic E-state index is 0.434. The number of methoxy groups -OCH3 is 1.